The van der Waals surface area contributed by atoms with E-state index in [1.54, 1.807) is 0 Å². The number of ketones is 1. The highest BCUT2D eigenvalue weighted by Crippen LogP contribution is 2.52. The topological polar surface area (TPSA) is 26.3 Å². The fourth-order valence-corrected chi connectivity index (χ4v) is 5.49. The Morgan fingerprint density at radius 1 is 0.559 bits per heavy atom. The standard InChI is InChI=1S/C32H20O2/c33-30-25-17-9-7-15-23(25)28-24-16-8-10-18-26(24)31-27(29(28)30)19-20-32(34-31,21-11-3-1-4-12-21)22-13-5-2-6-14-22/h1-20H. The van der Waals surface area contributed by atoms with Gasteiger partial charge in [-0.25, -0.2) is 0 Å². The summed E-state index contributed by atoms with van der Waals surface area (Å²) in [6, 6.07) is 36.7. The Balaban J connectivity index is 1.56. The number of benzene rings is 5. The molecule has 1 aliphatic carbocycles. The molecule has 1 aliphatic heterocycles. The van der Waals surface area contributed by atoms with E-state index in [9.17, 15) is 4.79 Å². The minimum absolute atomic E-state index is 0.0628. The molecular weight excluding hydrogens is 416 g/mol. The lowest BCUT2D eigenvalue weighted by Crippen LogP contribution is -2.34. The van der Waals surface area contributed by atoms with E-state index in [-0.39, 0.29) is 5.78 Å². The number of fused-ring (bicyclic) bond motifs is 8. The van der Waals surface area contributed by atoms with E-state index in [2.05, 4.69) is 48.6 Å². The highest BCUT2D eigenvalue weighted by Gasteiger charge is 2.41. The summed E-state index contributed by atoms with van der Waals surface area (Å²) in [5.41, 5.74) is 5.66. The van der Waals surface area contributed by atoms with Gasteiger partial charge in [-0.3, -0.25) is 4.79 Å². The summed E-state index contributed by atoms with van der Waals surface area (Å²) in [4.78, 5) is 13.6. The first-order valence-corrected chi connectivity index (χ1v) is 11.5. The van der Waals surface area contributed by atoms with Gasteiger partial charge in [-0.1, -0.05) is 109 Å². The third-order valence-corrected chi connectivity index (χ3v) is 7.03. The zero-order valence-electron chi connectivity index (χ0n) is 18.4. The molecule has 0 N–H and O–H groups in total. The van der Waals surface area contributed by atoms with Crippen molar-refractivity contribution in [1.82, 2.24) is 0 Å². The SMILES string of the molecule is O=C1c2ccccc2-c2c1c1c(c3ccccc23)OC(c2ccccc2)(c2ccccc2)C=C1. The molecule has 0 saturated heterocycles. The fourth-order valence-electron chi connectivity index (χ4n) is 5.49. The molecule has 7 rings (SSSR count). The molecular formula is C32H20O2. The van der Waals surface area contributed by atoms with Crippen molar-refractivity contribution in [3.63, 3.8) is 0 Å². The van der Waals surface area contributed by atoms with Gasteiger partial charge in [0.15, 0.2) is 11.4 Å². The van der Waals surface area contributed by atoms with Crippen LogP contribution in [0.4, 0.5) is 0 Å². The van der Waals surface area contributed by atoms with Gasteiger partial charge >= 0.3 is 0 Å². The van der Waals surface area contributed by atoms with Crippen LogP contribution in [0.5, 0.6) is 5.75 Å². The molecule has 34 heavy (non-hydrogen) atoms. The van der Waals surface area contributed by atoms with Crippen LogP contribution in [-0.4, -0.2) is 5.78 Å². The van der Waals surface area contributed by atoms with Crippen molar-refractivity contribution >= 4 is 22.6 Å². The Morgan fingerprint density at radius 3 is 1.79 bits per heavy atom. The smallest absolute Gasteiger partial charge is 0.195 e. The number of carbonyl (C=O) groups excluding carboxylic acids is 1. The van der Waals surface area contributed by atoms with E-state index in [1.807, 2.05) is 72.8 Å². The molecule has 0 atom stereocenters. The zero-order chi connectivity index (χ0) is 22.7. The summed E-state index contributed by atoms with van der Waals surface area (Å²) in [5.74, 6) is 0.818. The predicted octanol–water partition coefficient (Wildman–Crippen LogP) is 7.40. The highest BCUT2D eigenvalue weighted by molar-refractivity contribution is 6.28. The molecule has 0 bridgehead atoms. The van der Waals surface area contributed by atoms with Crippen LogP contribution in [0.25, 0.3) is 28.0 Å². The number of hydrogen-bond acceptors (Lipinski definition) is 2. The van der Waals surface area contributed by atoms with Gasteiger partial charge in [-0.05, 0) is 23.1 Å². The van der Waals surface area contributed by atoms with Crippen LogP contribution >= 0.6 is 0 Å². The van der Waals surface area contributed by atoms with Gasteiger partial charge in [-0.15, -0.1) is 0 Å². The predicted molar refractivity (Wildman–Crippen MR) is 136 cm³/mol. The average molecular weight is 437 g/mol. The van der Waals surface area contributed by atoms with E-state index in [0.717, 1.165) is 55.5 Å². The average Bonchev–Trinajstić information content (AvgIpc) is 3.22. The maximum absolute atomic E-state index is 13.6. The Morgan fingerprint density at radius 2 is 1.12 bits per heavy atom. The first-order chi connectivity index (χ1) is 16.8. The molecule has 2 nitrogen and oxygen atoms in total. The molecule has 0 aromatic heterocycles. The number of hydrogen-bond donors (Lipinski definition) is 0. The molecule has 160 valence electrons. The zero-order valence-corrected chi connectivity index (χ0v) is 18.4. The number of carbonyl (C=O) groups is 1. The first kappa shape index (κ1) is 19.1. The van der Waals surface area contributed by atoms with Gasteiger partial charge in [0, 0.05) is 38.8 Å². The fraction of sp³-hybridized carbons (Fsp3) is 0.0312. The van der Waals surface area contributed by atoms with Crippen LogP contribution in [0.2, 0.25) is 0 Å². The van der Waals surface area contributed by atoms with Crippen LogP contribution in [0.1, 0.15) is 32.6 Å². The van der Waals surface area contributed by atoms with Crippen LogP contribution in [0.15, 0.2) is 115 Å². The summed E-state index contributed by atoms with van der Waals surface area (Å²) in [7, 11) is 0. The lowest BCUT2D eigenvalue weighted by atomic mass is 9.82. The van der Waals surface area contributed by atoms with E-state index >= 15 is 0 Å². The lowest BCUT2D eigenvalue weighted by Gasteiger charge is -2.37. The van der Waals surface area contributed by atoms with Gasteiger partial charge < -0.3 is 4.74 Å². The summed E-state index contributed by atoms with van der Waals surface area (Å²) in [5, 5.41) is 2.06. The molecule has 0 unspecified atom stereocenters. The Kier molecular flexibility index (Phi) is 3.95. The van der Waals surface area contributed by atoms with Crippen molar-refractivity contribution in [2.24, 2.45) is 0 Å². The lowest BCUT2D eigenvalue weighted by molar-refractivity contribution is 0.104. The van der Waals surface area contributed by atoms with Gasteiger partial charge in [0.05, 0.1) is 0 Å². The van der Waals surface area contributed by atoms with Crippen molar-refractivity contribution in [3.05, 3.63) is 143 Å². The minimum Gasteiger partial charge on any atom is -0.472 e. The summed E-state index contributed by atoms with van der Waals surface area (Å²) in [6.45, 7) is 0. The Bertz CT molecular complexity index is 1590. The highest BCUT2D eigenvalue weighted by atomic mass is 16.5. The summed E-state index contributed by atoms with van der Waals surface area (Å²) in [6.07, 6.45) is 4.19. The molecule has 5 aromatic rings. The van der Waals surface area contributed by atoms with Crippen LogP contribution < -0.4 is 4.74 Å². The Hall–Kier alpha value is -4.43. The summed E-state index contributed by atoms with van der Waals surface area (Å²) < 4.78 is 7.04. The molecule has 5 aromatic carbocycles. The van der Waals surface area contributed by atoms with Crippen molar-refractivity contribution < 1.29 is 9.53 Å². The number of rotatable bonds is 2. The van der Waals surface area contributed by atoms with E-state index in [0.29, 0.717) is 0 Å². The largest absolute Gasteiger partial charge is 0.472 e. The second-order valence-corrected chi connectivity index (χ2v) is 8.82. The molecule has 2 aliphatic rings. The van der Waals surface area contributed by atoms with Gasteiger partial charge in [-0.2, -0.15) is 0 Å². The van der Waals surface area contributed by atoms with Crippen molar-refractivity contribution in [2.45, 2.75) is 5.60 Å². The molecule has 0 saturated carbocycles. The molecule has 1 heterocycles. The van der Waals surface area contributed by atoms with Gasteiger partial charge in [0.2, 0.25) is 0 Å². The van der Waals surface area contributed by atoms with E-state index in [4.69, 9.17) is 4.74 Å². The van der Waals surface area contributed by atoms with Gasteiger partial charge in [0.25, 0.3) is 0 Å². The molecule has 0 radical (unpaired) electrons. The second-order valence-electron chi connectivity index (χ2n) is 8.82. The molecule has 0 amide bonds. The van der Waals surface area contributed by atoms with Crippen molar-refractivity contribution in [2.75, 3.05) is 0 Å². The molecule has 0 fully saturated rings. The quantitative estimate of drug-likeness (QED) is 0.283. The third-order valence-electron chi connectivity index (χ3n) is 7.03. The van der Waals surface area contributed by atoms with E-state index in [1.165, 1.54) is 0 Å². The van der Waals surface area contributed by atoms with Crippen LogP contribution in [0.3, 0.4) is 0 Å². The van der Waals surface area contributed by atoms with E-state index < -0.39 is 5.60 Å². The maximum Gasteiger partial charge on any atom is 0.195 e. The minimum atomic E-state index is -0.791. The molecule has 2 heteroatoms. The first-order valence-electron chi connectivity index (χ1n) is 11.5. The van der Waals surface area contributed by atoms with Crippen molar-refractivity contribution in [3.8, 4) is 16.9 Å². The van der Waals surface area contributed by atoms with Crippen LogP contribution in [-0.2, 0) is 5.60 Å². The van der Waals surface area contributed by atoms with Crippen molar-refractivity contribution in [1.29, 1.82) is 0 Å². The monoisotopic (exact) mass is 436 g/mol. The third kappa shape index (κ3) is 2.48. The van der Waals surface area contributed by atoms with Crippen LogP contribution in [0, 0.1) is 0 Å². The number of ether oxygens (including phenoxy) is 1. The molecule has 0 spiro atoms. The maximum atomic E-state index is 13.6. The Labute approximate surface area is 197 Å². The van der Waals surface area contributed by atoms with Gasteiger partial charge in [0.1, 0.15) is 5.75 Å². The summed E-state index contributed by atoms with van der Waals surface area (Å²) >= 11 is 0. The second kappa shape index (κ2) is 7.03. The normalized spacial score (nSPS) is 14.9.